The summed E-state index contributed by atoms with van der Waals surface area (Å²) in [5.41, 5.74) is 8.07. The average Bonchev–Trinajstić information content (AvgIpc) is 3.07. The van der Waals surface area contributed by atoms with Crippen LogP contribution in [0.2, 0.25) is 5.15 Å². The zero-order chi connectivity index (χ0) is 22.3. The van der Waals surface area contributed by atoms with Gasteiger partial charge in [-0.25, -0.2) is 4.98 Å². The number of pyridine rings is 1. The van der Waals surface area contributed by atoms with Gasteiger partial charge in [0.1, 0.15) is 6.61 Å². The van der Waals surface area contributed by atoms with Crippen molar-refractivity contribution >= 4 is 36.9 Å². The van der Waals surface area contributed by atoms with Crippen molar-refractivity contribution in [1.82, 2.24) is 15.2 Å². The SMILES string of the molecule is Nc1nnc(Cl)cc1N1CC2CCP(C1)N2c1ccnc(OCCOCCOCCO)c1. The van der Waals surface area contributed by atoms with Gasteiger partial charge in [0, 0.05) is 38.6 Å². The van der Waals surface area contributed by atoms with Crippen molar-refractivity contribution in [2.75, 3.05) is 73.9 Å². The topological polar surface area (TPSA) is 119 Å². The number of rotatable bonds is 11. The smallest absolute Gasteiger partial charge is 0.215 e. The minimum Gasteiger partial charge on any atom is -0.475 e. The highest BCUT2D eigenvalue weighted by Crippen LogP contribution is 2.56. The number of aromatic nitrogens is 3. The van der Waals surface area contributed by atoms with Crippen LogP contribution in [0.4, 0.5) is 17.2 Å². The number of aliphatic hydroxyl groups is 1. The van der Waals surface area contributed by atoms with Crippen molar-refractivity contribution in [2.24, 2.45) is 0 Å². The van der Waals surface area contributed by atoms with Gasteiger partial charge in [-0.2, -0.15) is 0 Å². The highest BCUT2D eigenvalue weighted by molar-refractivity contribution is 7.60. The third-order valence-electron chi connectivity index (χ3n) is 5.32. The first kappa shape index (κ1) is 23.2. The first-order valence-electron chi connectivity index (χ1n) is 10.6. The van der Waals surface area contributed by atoms with E-state index in [0.29, 0.717) is 55.9 Å². The van der Waals surface area contributed by atoms with Crippen LogP contribution in [-0.4, -0.2) is 85.0 Å². The fourth-order valence-electron chi connectivity index (χ4n) is 3.96. The molecular weight excluding hydrogens is 455 g/mol. The molecule has 2 unspecified atom stereocenters. The Morgan fingerprint density at radius 2 is 1.97 bits per heavy atom. The molecule has 4 rings (SSSR count). The molecule has 32 heavy (non-hydrogen) atoms. The van der Waals surface area contributed by atoms with Crippen molar-refractivity contribution in [3.8, 4) is 5.88 Å². The van der Waals surface area contributed by atoms with Gasteiger partial charge in [0.15, 0.2) is 11.0 Å². The zero-order valence-corrected chi connectivity index (χ0v) is 19.4. The van der Waals surface area contributed by atoms with Gasteiger partial charge in [0.2, 0.25) is 5.88 Å². The summed E-state index contributed by atoms with van der Waals surface area (Å²) in [6.07, 6.45) is 5.01. The lowest BCUT2D eigenvalue weighted by Gasteiger charge is -2.43. The van der Waals surface area contributed by atoms with Gasteiger partial charge in [0.25, 0.3) is 0 Å². The van der Waals surface area contributed by atoms with Crippen molar-refractivity contribution < 1.29 is 19.3 Å². The molecule has 3 N–H and O–H groups in total. The number of aliphatic hydroxyl groups excluding tert-OH is 1. The fourth-order valence-corrected chi connectivity index (χ4v) is 6.95. The van der Waals surface area contributed by atoms with E-state index in [1.807, 2.05) is 12.1 Å². The molecule has 2 aromatic rings. The van der Waals surface area contributed by atoms with Gasteiger partial charge >= 0.3 is 0 Å². The second kappa shape index (κ2) is 11.2. The fraction of sp³-hybridized carbons (Fsp3) is 0.550. The summed E-state index contributed by atoms with van der Waals surface area (Å²) < 4.78 is 18.9. The Bertz CT molecular complexity index is 883. The number of halogens is 1. The molecule has 0 aromatic carbocycles. The van der Waals surface area contributed by atoms with Crippen LogP contribution >= 0.6 is 19.7 Å². The summed E-state index contributed by atoms with van der Waals surface area (Å²) in [5, 5.41) is 16.8. The molecule has 0 saturated carbocycles. The number of fused-ring (bicyclic) bond motifs is 2. The largest absolute Gasteiger partial charge is 0.475 e. The number of ether oxygens (including phenoxy) is 3. The molecule has 2 aliphatic heterocycles. The number of anilines is 3. The highest BCUT2D eigenvalue weighted by Gasteiger charge is 2.41. The maximum absolute atomic E-state index is 8.66. The molecule has 0 spiro atoms. The number of nitrogens with zero attached hydrogens (tertiary/aromatic N) is 5. The Kier molecular flexibility index (Phi) is 8.15. The lowest BCUT2D eigenvalue weighted by molar-refractivity contribution is 0.0243. The summed E-state index contributed by atoms with van der Waals surface area (Å²) >= 11 is 6.05. The van der Waals surface area contributed by atoms with Crippen molar-refractivity contribution in [3.05, 3.63) is 29.5 Å². The van der Waals surface area contributed by atoms with Gasteiger partial charge in [-0.05, 0) is 18.6 Å². The Balaban J connectivity index is 1.32. The molecular formula is C20H28ClN6O4P. The quantitative estimate of drug-likeness (QED) is 0.363. The zero-order valence-electron chi connectivity index (χ0n) is 17.8. The maximum Gasteiger partial charge on any atom is 0.215 e. The first-order chi connectivity index (χ1) is 15.7. The summed E-state index contributed by atoms with van der Waals surface area (Å²) in [7, 11) is -0.386. The minimum absolute atomic E-state index is 0.0204. The Morgan fingerprint density at radius 1 is 1.16 bits per heavy atom. The van der Waals surface area contributed by atoms with Gasteiger partial charge in [-0.3, -0.25) is 0 Å². The molecule has 2 aliphatic rings. The standard InChI is InChI=1S/C20H28ClN6O4P/c21-18-12-17(20(22)25-24-18)26-13-16-2-10-32(14-26)27(16)15-1-3-23-19(11-15)31-9-8-30-7-6-29-5-4-28/h1,3,11-12,16,28H,2,4-10,13-14H2,(H2,22,25). The van der Waals surface area contributed by atoms with Crippen LogP contribution in [0.25, 0.3) is 0 Å². The minimum atomic E-state index is -0.386. The number of nitrogen functional groups attached to an aromatic ring is 1. The molecule has 2 aromatic heterocycles. The van der Waals surface area contributed by atoms with E-state index >= 15 is 0 Å². The molecule has 10 nitrogen and oxygen atoms in total. The van der Waals surface area contributed by atoms with Crippen molar-refractivity contribution in [2.45, 2.75) is 12.5 Å². The number of nitrogens with two attached hydrogens (primary N) is 1. The number of hydrogen-bond acceptors (Lipinski definition) is 10. The van der Waals surface area contributed by atoms with Crippen LogP contribution in [0.5, 0.6) is 5.88 Å². The molecule has 2 fully saturated rings. The molecule has 0 aliphatic carbocycles. The third-order valence-corrected chi connectivity index (χ3v) is 8.11. The molecule has 174 valence electrons. The predicted molar refractivity (Wildman–Crippen MR) is 125 cm³/mol. The monoisotopic (exact) mass is 482 g/mol. The van der Waals surface area contributed by atoms with Gasteiger partial charge < -0.3 is 34.6 Å². The van der Waals surface area contributed by atoms with Gasteiger partial charge in [0.05, 0.1) is 51.0 Å². The van der Waals surface area contributed by atoms with E-state index < -0.39 is 0 Å². The summed E-state index contributed by atoms with van der Waals surface area (Å²) in [6, 6.07) is 6.24. The van der Waals surface area contributed by atoms with E-state index in [1.54, 1.807) is 12.3 Å². The van der Waals surface area contributed by atoms with Crippen molar-refractivity contribution in [1.29, 1.82) is 0 Å². The third kappa shape index (κ3) is 5.68. The Hall–Kier alpha value is -1.97. The average molecular weight is 483 g/mol. The van der Waals surface area contributed by atoms with E-state index in [4.69, 9.17) is 36.7 Å². The van der Waals surface area contributed by atoms with E-state index in [-0.39, 0.29) is 14.7 Å². The summed E-state index contributed by atoms with van der Waals surface area (Å²) in [5.74, 6) is 1.01. The molecule has 4 heterocycles. The van der Waals surface area contributed by atoms with E-state index in [9.17, 15) is 0 Å². The Labute approximate surface area is 193 Å². The van der Waals surface area contributed by atoms with Gasteiger partial charge in [-0.1, -0.05) is 11.6 Å². The van der Waals surface area contributed by atoms with E-state index in [0.717, 1.165) is 30.6 Å². The maximum atomic E-state index is 8.66. The molecule has 0 amide bonds. The van der Waals surface area contributed by atoms with Crippen LogP contribution in [0.15, 0.2) is 24.4 Å². The highest BCUT2D eigenvalue weighted by atomic mass is 35.5. The number of hydrogen-bond donors (Lipinski definition) is 2. The molecule has 2 atom stereocenters. The molecule has 2 bridgehead atoms. The first-order valence-corrected chi connectivity index (χ1v) is 12.6. The molecule has 0 radical (unpaired) electrons. The van der Waals surface area contributed by atoms with Crippen LogP contribution in [0.1, 0.15) is 6.42 Å². The lowest BCUT2D eigenvalue weighted by Crippen LogP contribution is -2.44. The van der Waals surface area contributed by atoms with Crippen LogP contribution in [-0.2, 0) is 9.47 Å². The van der Waals surface area contributed by atoms with E-state index in [2.05, 4.69) is 24.8 Å². The second-order valence-electron chi connectivity index (χ2n) is 7.47. The predicted octanol–water partition coefficient (Wildman–Crippen LogP) is 1.96. The van der Waals surface area contributed by atoms with Crippen molar-refractivity contribution in [3.63, 3.8) is 0 Å². The normalized spacial score (nSPS) is 20.1. The summed E-state index contributed by atoms with van der Waals surface area (Å²) in [4.78, 5) is 6.63. The van der Waals surface area contributed by atoms with E-state index in [1.165, 1.54) is 6.16 Å². The second-order valence-corrected chi connectivity index (χ2v) is 10.0. The van der Waals surface area contributed by atoms with Crippen LogP contribution in [0, 0.1) is 0 Å². The lowest BCUT2D eigenvalue weighted by atomic mass is 10.2. The summed E-state index contributed by atoms with van der Waals surface area (Å²) in [6.45, 7) is 3.00. The van der Waals surface area contributed by atoms with Crippen LogP contribution in [0.3, 0.4) is 0 Å². The molecule has 2 saturated heterocycles. The van der Waals surface area contributed by atoms with Gasteiger partial charge in [-0.15, -0.1) is 10.2 Å². The van der Waals surface area contributed by atoms with Crippen LogP contribution < -0.4 is 20.0 Å². The Morgan fingerprint density at radius 3 is 2.78 bits per heavy atom. The molecule has 12 heteroatoms.